The number of carbonyl (C=O) groups is 1. The molecule has 0 aliphatic rings. The third-order valence-corrected chi connectivity index (χ3v) is 3.71. The van der Waals surface area contributed by atoms with Crippen LogP contribution in [0, 0.1) is 12.8 Å². The van der Waals surface area contributed by atoms with Crippen LogP contribution in [0.3, 0.4) is 0 Å². The van der Waals surface area contributed by atoms with E-state index in [4.69, 9.17) is 5.73 Å². The monoisotopic (exact) mass is 283 g/mol. The summed E-state index contributed by atoms with van der Waals surface area (Å²) in [5.74, 6) is -0.283. The van der Waals surface area contributed by atoms with Crippen molar-refractivity contribution in [2.75, 3.05) is 5.32 Å². The van der Waals surface area contributed by atoms with Crippen molar-refractivity contribution >= 4 is 11.6 Å². The molecule has 110 valence electrons. The van der Waals surface area contributed by atoms with Crippen molar-refractivity contribution < 1.29 is 4.79 Å². The molecule has 0 aliphatic heterocycles. The number of aromatic nitrogens is 1. The molecule has 4 nitrogen and oxygen atoms in total. The summed E-state index contributed by atoms with van der Waals surface area (Å²) in [5.41, 5.74) is 9.75. The van der Waals surface area contributed by atoms with E-state index in [9.17, 15) is 4.79 Å². The number of carbonyl (C=O) groups excluding carboxylic acids is 1. The summed E-state index contributed by atoms with van der Waals surface area (Å²) in [4.78, 5) is 16.2. The molecule has 3 N–H and O–H groups in total. The van der Waals surface area contributed by atoms with E-state index in [2.05, 4.69) is 10.3 Å². The lowest BCUT2D eigenvalue weighted by Crippen LogP contribution is -2.34. The highest BCUT2D eigenvalue weighted by molar-refractivity contribution is 5.94. The molecule has 2 aromatic rings. The van der Waals surface area contributed by atoms with Gasteiger partial charge in [0, 0.05) is 24.1 Å². The van der Waals surface area contributed by atoms with Gasteiger partial charge in [0.15, 0.2) is 0 Å². The van der Waals surface area contributed by atoms with Gasteiger partial charge in [-0.3, -0.25) is 9.78 Å². The van der Waals surface area contributed by atoms with Crippen LogP contribution in [0.5, 0.6) is 0 Å². The Kier molecular flexibility index (Phi) is 4.70. The fourth-order valence-corrected chi connectivity index (χ4v) is 1.97. The molecule has 0 aliphatic carbocycles. The average Bonchev–Trinajstić information content (AvgIpc) is 2.49. The minimum Gasteiger partial charge on any atom is -0.327 e. The van der Waals surface area contributed by atoms with E-state index in [1.54, 1.807) is 12.4 Å². The van der Waals surface area contributed by atoms with Crippen molar-refractivity contribution in [2.45, 2.75) is 26.8 Å². The molecule has 1 aromatic heterocycles. The summed E-state index contributed by atoms with van der Waals surface area (Å²) in [5, 5.41) is 2.97. The first-order valence-corrected chi connectivity index (χ1v) is 7.06. The molecule has 0 saturated heterocycles. The molecule has 2 atom stereocenters. The van der Waals surface area contributed by atoms with Gasteiger partial charge < -0.3 is 11.1 Å². The zero-order chi connectivity index (χ0) is 15.4. The van der Waals surface area contributed by atoms with Crippen LogP contribution in [0.4, 0.5) is 5.69 Å². The molecule has 2 unspecified atom stereocenters. The topological polar surface area (TPSA) is 68.0 Å². The molecule has 1 aromatic carbocycles. The van der Waals surface area contributed by atoms with Gasteiger partial charge in [0.1, 0.15) is 0 Å². The number of aryl methyl sites for hydroxylation is 1. The van der Waals surface area contributed by atoms with Crippen LogP contribution in [0.2, 0.25) is 0 Å². The van der Waals surface area contributed by atoms with E-state index in [0.717, 1.165) is 22.4 Å². The van der Waals surface area contributed by atoms with E-state index in [1.165, 1.54) is 0 Å². The van der Waals surface area contributed by atoms with Crippen LogP contribution in [0.15, 0.2) is 42.7 Å². The smallest absolute Gasteiger partial charge is 0.228 e. The Morgan fingerprint density at radius 3 is 2.43 bits per heavy atom. The first-order valence-electron chi connectivity index (χ1n) is 7.06. The molecule has 2 rings (SSSR count). The highest BCUT2D eigenvalue weighted by atomic mass is 16.1. The van der Waals surface area contributed by atoms with Crippen molar-refractivity contribution in [1.82, 2.24) is 4.98 Å². The Hall–Kier alpha value is -2.20. The Morgan fingerprint density at radius 1 is 1.14 bits per heavy atom. The zero-order valence-electron chi connectivity index (χ0n) is 12.6. The molecule has 0 fully saturated rings. The van der Waals surface area contributed by atoms with E-state index in [0.29, 0.717) is 0 Å². The number of pyridine rings is 1. The molecular formula is C17H21N3O. The van der Waals surface area contributed by atoms with Crippen molar-refractivity contribution in [1.29, 1.82) is 0 Å². The second kappa shape index (κ2) is 6.50. The number of hydrogen-bond acceptors (Lipinski definition) is 3. The van der Waals surface area contributed by atoms with Crippen LogP contribution >= 0.6 is 0 Å². The quantitative estimate of drug-likeness (QED) is 0.906. The van der Waals surface area contributed by atoms with E-state index in [-0.39, 0.29) is 17.9 Å². The van der Waals surface area contributed by atoms with Crippen molar-refractivity contribution in [2.24, 2.45) is 11.7 Å². The van der Waals surface area contributed by atoms with Crippen LogP contribution < -0.4 is 11.1 Å². The second-order valence-corrected chi connectivity index (χ2v) is 5.40. The SMILES string of the molecule is Cc1ccc(-c2ccncc2)cc1NC(=O)C(C)C(C)N. The van der Waals surface area contributed by atoms with Crippen LogP contribution in [-0.2, 0) is 4.79 Å². The third kappa shape index (κ3) is 3.67. The molecule has 21 heavy (non-hydrogen) atoms. The highest BCUT2D eigenvalue weighted by Gasteiger charge is 2.17. The number of benzene rings is 1. The number of amides is 1. The summed E-state index contributed by atoms with van der Waals surface area (Å²) < 4.78 is 0. The number of hydrogen-bond donors (Lipinski definition) is 2. The fraction of sp³-hybridized carbons (Fsp3) is 0.294. The van der Waals surface area contributed by atoms with E-state index < -0.39 is 0 Å². The van der Waals surface area contributed by atoms with Gasteiger partial charge in [0.05, 0.1) is 5.92 Å². The number of nitrogens with zero attached hydrogens (tertiary/aromatic N) is 1. The predicted octanol–water partition coefficient (Wildman–Crippen LogP) is 2.98. The fourth-order valence-electron chi connectivity index (χ4n) is 1.97. The molecule has 0 radical (unpaired) electrons. The van der Waals surface area contributed by atoms with Gasteiger partial charge in [-0.05, 0) is 48.7 Å². The molecule has 0 spiro atoms. The van der Waals surface area contributed by atoms with E-state index >= 15 is 0 Å². The van der Waals surface area contributed by atoms with Gasteiger partial charge in [0.25, 0.3) is 0 Å². The zero-order valence-corrected chi connectivity index (χ0v) is 12.6. The molecule has 1 heterocycles. The van der Waals surface area contributed by atoms with Crippen molar-refractivity contribution in [3.05, 3.63) is 48.3 Å². The first kappa shape index (κ1) is 15.2. The van der Waals surface area contributed by atoms with Gasteiger partial charge in [-0.15, -0.1) is 0 Å². The Morgan fingerprint density at radius 2 is 1.81 bits per heavy atom. The maximum Gasteiger partial charge on any atom is 0.228 e. The lowest BCUT2D eigenvalue weighted by molar-refractivity contribution is -0.119. The lowest BCUT2D eigenvalue weighted by atomic mass is 10.0. The number of anilines is 1. The van der Waals surface area contributed by atoms with E-state index in [1.807, 2.05) is 51.1 Å². The number of nitrogens with two attached hydrogens (primary N) is 1. The maximum absolute atomic E-state index is 12.2. The molecule has 0 saturated carbocycles. The van der Waals surface area contributed by atoms with Crippen LogP contribution in [0.1, 0.15) is 19.4 Å². The molecule has 0 bridgehead atoms. The molecule has 4 heteroatoms. The first-order chi connectivity index (χ1) is 9.99. The number of nitrogens with one attached hydrogen (secondary N) is 1. The minimum absolute atomic E-state index is 0.0556. The third-order valence-electron chi connectivity index (χ3n) is 3.71. The van der Waals surface area contributed by atoms with Crippen LogP contribution in [0.25, 0.3) is 11.1 Å². The van der Waals surface area contributed by atoms with Gasteiger partial charge in [0.2, 0.25) is 5.91 Å². The minimum atomic E-state index is -0.228. The second-order valence-electron chi connectivity index (χ2n) is 5.40. The Labute approximate surface area is 125 Å². The largest absolute Gasteiger partial charge is 0.327 e. The lowest BCUT2D eigenvalue weighted by Gasteiger charge is -2.17. The van der Waals surface area contributed by atoms with Gasteiger partial charge in [-0.1, -0.05) is 19.1 Å². The summed E-state index contributed by atoms with van der Waals surface area (Å²) in [6.07, 6.45) is 3.51. The maximum atomic E-state index is 12.2. The summed E-state index contributed by atoms with van der Waals surface area (Å²) >= 11 is 0. The summed E-state index contributed by atoms with van der Waals surface area (Å²) in [7, 11) is 0. The summed E-state index contributed by atoms with van der Waals surface area (Å²) in [6, 6.07) is 9.74. The molecule has 1 amide bonds. The van der Waals surface area contributed by atoms with Gasteiger partial charge >= 0.3 is 0 Å². The predicted molar refractivity (Wildman–Crippen MR) is 85.9 cm³/mol. The van der Waals surface area contributed by atoms with Crippen molar-refractivity contribution in [3.8, 4) is 11.1 Å². The Balaban J connectivity index is 2.26. The van der Waals surface area contributed by atoms with Gasteiger partial charge in [-0.25, -0.2) is 0 Å². The Bertz CT molecular complexity index is 623. The van der Waals surface area contributed by atoms with Gasteiger partial charge in [-0.2, -0.15) is 0 Å². The standard InChI is InChI=1S/C17H21N3O/c1-11-4-5-15(14-6-8-19-9-7-14)10-16(11)20-17(21)12(2)13(3)18/h4-10,12-13H,18H2,1-3H3,(H,20,21). The van der Waals surface area contributed by atoms with Crippen LogP contribution in [-0.4, -0.2) is 16.9 Å². The number of rotatable bonds is 4. The highest BCUT2D eigenvalue weighted by Crippen LogP contribution is 2.25. The summed E-state index contributed by atoms with van der Waals surface area (Å²) in [6.45, 7) is 5.65. The average molecular weight is 283 g/mol. The van der Waals surface area contributed by atoms with Crippen molar-refractivity contribution in [3.63, 3.8) is 0 Å². The normalized spacial score (nSPS) is 13.5. The molecular weight excluding hydrogens is 262 g/mol.